The lowest BCUT2D eigenvalue weighted by Gasteiger charge is -2.22. The van der Waals surface area contributed by atoms with Gasteiger partial charge in [-0.2, -0.15) is 13.2 Å². The van der Waals surface area contributed by atoms with Crippen LogP contribution in [0.15, 0.2) is 53.7 Å². The molecule has 0 spiro atoms. The largest absolute Gasteiger partial charge is 0.419 e. The maximum absolute atomic E-state index is 13.0. The molecule has 1 aromatic heterocycles. The van der Waals surface area contributed by atoms with Crippen LogP contribution in [0.4, 0.5) is 19.0 Å². The summed E-state index contributed by atoms with van der Waals surface area (Å²) in [7, 11) is 0. The molecule has 0 saturated heterocycles. The van der Waals surface area contributed by atoms with Gasteiger partial charge >= 0.3 is 6.18 Å². The lowest BCUT2D eigenvalue weighted by atomic mass is 9.96. The Kier molecular flexibility index (Phi) is 10.3. The SMILES string of the molecule is CCNC(=NCC(C)(O)c1ccccc1)NCCNc1ncccc1C(F)(F)F.I. The van der Waals surface area contributed by atoms with Gasteiger partial charge in [0.1, 0.15) is 11.4 Å². The second-order valence-corrected chi connectivity index (χ2v) is 6.59. The predicted octanol–water partition coefficient (Wildman–Crippen LogP) is 3.59. The molecule has 1 atom stereocenters. The molecule has 166 valence electrons. The fourth-order valence-corrected chi connectivity index (χ4v) is 2.60. The first-order valence-electron chi connectivity index (χ1n) is 9.30. The molecular weight excluding hydrogens is 510 g/mol. The van der Waals surface area contributed by atoms with Crippen molar-refractivity contribution in [2.45, 2.75) is 25.6 Å². The van der Waals surface area contributed by atoms with E-state index in [1.807, 2.05) is 37.3 Å². The van der Waals surface area contributed by atoms with E-state index in [2.05, 4.69) is 25.9 Å². The molecule has 4 N–H and O–H groups in total. The second kappa shape index (κ2) is 11.9. The van der Waals surface area contributed by atoms with Gasteiger partial charge in [0.15, 0.2) is 5.96 Å². The van der Waals surface area contributed by atoms with E-state index in [-0.39, 0.29) is 42.9 Å². The number of halogens is 4. The monoisotopic (exact) mass is 537 g/mol. The Morgan fingerprint density at radius 2 is 1.77 bits per heavy atom. The van der Waals surface area contributed by atoms with Crippen molar-refractivity contribution in [2.75, 3.05) is 31.5 Å². The molecule has 30 heavy (non-hydrogen) atoms. The second-order valence-electron chi connectivity index (χ2n) is 6.59. The predicted molar refractivity (Wildman–Crippen MR) is 123 cm³/mol. The number of aliphatic imine (C=N–C) groups is 1. The lowest BCUT2D eigenvalue weighted by Crippen LogP contribution is -2.40. The van der Waals surface area contributed by atoms with Crippen LogP contribution in [-0.2, 0) is 11.8 Å². The van der Waals surface area contributed by atoms with Crippen molar-refractivity contribution in [3.05, 3.63) is 59.8 Å². The third kappa shape index (κ3) is 7.98. The zero-order valence-electron chi connectivity index (χ0n) is 16.8. The molecule has 6 nitrogen and oxygen atoms in total. The molecule has 2 rings (SSSR count). The number of benzene rings is 1. The number of nitrogens with one attached hydrogen (secondary N) is 3. The summed E-state index contributed by atoms with van der Waals surface area (Å²) in [5.74, 6) is 0.248. The van der Waals surface area contributed by atoms with Crippen LogP contribution in [-0.4, -0.2) is 42.2 Å². The van der Waals surface area contributed by atoms with Crippen molar-refractivity contribution >= 4 is 35.8 Å². The van der Waals surface area contributed by atoms with Gasteiger partial charge in [0.2, 0.25) is 0 Å². The summed E-state index contributed by atoms with van der Waals surface area (Å²) < 4.78 is 39.0. The summed E-state index contributed by atoms with van der Waals surface area (Å²) >= 11 is 0. The van der Waals surface area contributed by atoms with Crippen molar-refractivity contribution in [3.8, 4) is 0 Å². The summed E-state index contributed by atoms with van der Waals surface area (Å²) in [4.78, 5) is 8.15. The number of hydrogen-bond donors (Lipinski definition) is 4. The number of nitrogens with zero attached hydrogens (tertiary/aromatic N) is 2. The summed E-state index contributed by atoms with van der Waals surface area (Å²) in [6.07, 6.45) is -3.16. The lowest BCUT2D eigenvalue weighted by molar-refractivity contribution is -0.137. The zero-order valence-corrected chi connectivity index (χ0v) is 19.2. The van der Waals surface area contributed by atoms with Gasteiger partial charge in [-0.15, -0.1) is 24.0 Å². The van der Waals surface area contributed by atoms with Gasteiger partial charge in [-0.1, -0.05) is 30.3 Å². The fraction of sp³-hybridized carbons (Fsp3) is 0.400. The van der Waals surface area contributed by atoms with Crippen molar-refractivity contribution in [2.24, 2.45) is 4.99 Å². The summed E-state index contributed by atoms with van der Waals surface area (Å²) in [6, 6.07) is 11.4. The quantitative estimate of drug-likeness (QED) is 0.179. The Bertz CT molecular complexity index is 801. The van der Waals surface area contributed by atoms with Gasteiger partial charge in [0, 0.05) is 25.8 Å². The number of rotatable bonds is 8. The number of guanidine groups is 1. The molecule has 0 saturated carbocycles. The Morgan fingerprint density at radius 1 is 1.07 bits per heavy atom. The van der Waals surface area contributed by atoms with Gasteiger partial charge in [-0.25, -0.2) is 9.98 Å². The summed E-state index contributed by atoms with van der Waals surface area (Å²) in [5, 5.41) is 19.4. The van der Waals surface area contributed by atoms with Crippen molar-refractivity contribution in [3.63, 3.8) is 0 Å². The average Bonchev–Trinajstić information content (AvgIpc) is 2.69. The third-order valence-electron chi connectivity index (χ3n) is 4.11. The Balaban J connectivity index is 0.00000450. The first kappa shape index (κ1) is 26.0. The fourth-order valence-electron chi connectivity index (χ4n) is 2.60. The van der Waals surface area contributed by atoms with Crippen LogP contribution >= 0.6 is 24.0 Å². The molecule has 10 heteroatoms. The molecule has 0 radical (unpaired) electrons. The van der Waals surface area contributed by atoms with Gasteiger partial charge < -0.3 is 21.1 Å². The van der Waals surface area contributed by atoms with Crippen LogP contribution in [0.2, 0.25) is 0 Å². The van der Waals surface area contributed by atoms with Gasteiger partial charge in [0.05, 0.1) is 12.1 Å². The van der Waals surface area contributed by atoms with Gasteiger partial charge in [-0.05, 0) is 31.5 Å². The molecule has 1 heterocycles. The molecular formula is C20H27F3IN5O. The minimum Gasteiger partial charge on any atom is -0.384 e. The van der Waals surface area contributed by atoms with Crippen LogP contribution in [0, 0.1) is 0 Å². The summed E-state index contributed by atoms with van der Waals surface area (Å²) in [6.45, 7) is 4.82. The maximum atomic E-state index is 13.0. The number of alkyl halides is 3. The highest BCUT2D eigenvalue weighted by Gasteiger charge is 2.33. The summed E-state index contributed by atoms with van der Waals surface area (Å²) in [5.41, 5.74) is -1.20. The maximum Gasteiger partial charge on any atom is 0.419 e. The number of hydrogen-bond acceptors (Lipinski definition) is 4. The van der Waals surface area contributed by atoms with Crippen molar-refractivity contribution in [1.29, 1.82) is 0 Å². The molecule has 1 unspecified atom stereocenters. The molecule has 0 fully saturated rings. The number of aliphatic hydroxyl groups is 1. The molecule has 2 aromatic rings. The van der Waals surface area contributed by atoms with Crippen LogP contribution in [0.1, 0.15) is 25.0 Å². The standard InChI is InChI=1S/C20H26F3N5O.HI/c1-3-24-18(28-14-19(2,29)15-8-5-4-6-9-15)27-13-12-26-17-16(20(21,22)23)10-7-11-25-17;/h4-11,29H,3,12-14H2,1-2H3,(H,25,26)(H2,24,27,28);1H. The van der Waals surface area contributed by atoms with Crippen LogP contribution < -0.4 is 16.0 Å². The van der Waals surface area contributed by atoms with Gasteiger partial charge in [0.25, 0.3) is 0 Å². The number of pyridine rings is 1. The minimum atomic E-state index is -4.47. The van der Waals surface area contributed by atoms with E-state index in [4.69, 9.17) is 0 Å². The van der Waals surface area contributed by atoms with Crippen molar-refractivity contribution in [1.82, 2.24) is 15.6 Å². The van der Waals surface area contributed by atoms with E-state index in [0.717, 1.165) is 11.6 Å². The van der Waals surface area contributed by atoms with Crippen molar-refractivity contribution < 1.29 is 18.3 Å². The highest BCUT2D eigenvalue weighted by atomic mass is 127. The first-order chi connectivity index (χ1) is 13.7. The normalized spacial score (nSPS) is 13.7. The highest BCUT2D eigenvalue weighted by Crippen LogP contribution is 2.33. The van der Waals surface area contributed by atoms with E-state index < -0.39 is 17.3 Å². The molecule has 0 aliphatic carbocycles. The molecule has 0 amide bonds. The van der Waals surface area contributed by atoms with E-state index in [9.17, 15) is 18.3 Å². The van der Waals surface area contributed by atoms with Gasteiger partial charge in [-0.3, -0.25) is 0 Å². The zero-order chi connectivity index (χ0) is 21.3. The van der Waals surface area contributed by atoms with Crippen LogP contribution in [0.25, 0.3) is 0 Å². The molecule has 0 aliphatic heterocycles. The Hall–Kier alpha value is -2.08. The van der Waals surface area contributed by atoms with E-state index in [1.165, 1.54) is 12.3 Å². The van der Waals surface area contributed by atoms with Crippen LogP contribution in [0.5, 0.6) is 0 Å². The highest BCUT2D eigenvalue weighted by molar-refractivity contribution is 14.0. The molecule has 0 bridgehead atoms. The van der Waals surface area contributed by atoms with E-state index in [0.29, 0.717) is 19.0 Å². The minimum absolute atomic E-state index is 0. The average molecular weight is 537 g/mol. The van der Waals surface area contributed by atoms with E-state index >= 15 is 0 Å². The van der Waals surface area contributed by atoms with Crippen LogP contribution in [0.3, 0.4) is 0 Å². The first-order valence-corrected chi connectivity index (χ1v) is 9.30. The smallest absolute Gasteiger partial charge is 0.384 e. The Labute approximate surface area is 191 Å². The molecule has 1 aromatic carbocycles. The van der Waals surface area contributed by atoms with E-state index in [1.54, 1.807) is 6.92 Å². The number of anilines is 1. The third-order valence-corrected chi connectivity index (χ3v) is 4.11. The number of aromatic nitrogens is 1. The molecule has 0 aliphatic rings. The topological polar surface area (TPSA) is 81.6 Å². The Morgan fingerprint density at radius 3 is 2.40 bits per heavy atom.